The summed E-state index contributed by atoms with van der Waals surface area (Å²) < 4.78 is 31.1. The van der Waals surface area contributed by atoms with E-state index in [1.54, 1.807) is 30.3 Å². The Morgan fingerprint density at radius 2 is 1.81 bits per heavy atom. The van der Waals surface area contributed by atoms with E-state index in [1.165, 1.54) is 10.6 Å². The number of ether oxygens (including phenoxy) is 1. The van der Waals surface area contributed by atoms with Gasteiger partial charge in [-0.2, -0.15) is 0 Å². The fourth-order valence-electron chi connectivity index (χ4n) is 2.24. The summed E-state index contributed by atoms with van der Waals surface area (Å²) in [5.74, 6) is 0.228. The average molecular weight is 374 g/mol. The van der Waals surface area contributed by atoms with Gasteiger partial charge in [-0.1, -0.05) is 36.4 Å². The summed E-state index contributed by atoms with van der Waals surface area (Å²) >= 11 is 0. The minimum atomic E-state index is -3.45. The minimum Gasteiger partial charge on any atom is -0.484 e. The topological polar surface area (TPSA) is 75.7 Å². The van der Waals surface area contributed by atoms with Crippen molar-refractivity contribution in [3.8, 4) is 5.75 Å². The van der Waals surface area contributed by atoms with Crippen LogP contribution in [0.5, 0.6) is 5.75 Å². The van der Waals surface area contributed by atoms with Crippen LogP contribution in [0.15, 0.2) is 67.3 Å². The molecule has 0 radical (unpaired) electrons. The van der Waals surface area contributed by atoms with Gasteiger partial charge < -0.3 is 10.1 Å². The van der Waals surface area contributed by atoms with Gasteiger partial charge in [0, 0.05) is 6.54 Å². The van der Waals surface area contributed by atoms with E-state index in [1.807, 2.05) is 30.3 Å². The molecule has 0 saturated heterocycles. The van der Waals surface area contributed by atoms with E-state index < -0.39 is 10.0 Å². The molecule has 0 aliphatic rings. The smallest absolute Gasteiger partial charge is 0.258 e. The third-order valence-corrected chi connectivity index (χ3v) is 4.65. The third-order valence-electron chi connectivity index (χ3n) is 3.51. The monoisotopic (exact) mass is 374 g/mol. The summed E-state index contributed by atoms with van der Waals surface area (Å²) in [6.45, 7) is 4.02. The second kappa shape index (κ2) is 9.05. The fourth-order valence-corrected chi connectivity index (χ4v) is 3.13. The molecule has 2 rings (SSSR count). The highest BCUT2D eigenvalue weighted by Crippen LogP contribution is 2.23. The highest BCUT2D eigenvalue weighted by atomic mass is 32.2. The lowest BCUT2D eigenvalue weighted by atomic mass is 10.2. The van der Waals surface area contributed by atoms with Crippen LogP contribution in [0.3, 0.4) is 0 Å². The summed E-state index contributed by atoms with van der Waals surface area (Å²) in [5, 5.41) is 2.61. The number of hydrogen-bond donors (Lipinski definition) is 1. The van der Waals surface area contributed by atoms with Gasteiger partial charge in [-0.05, 0) is 29.8 Å². The molecular formula is C19H22N2O4S. The Hall–Kier alpha value is -2.80. The predicted octanol–water partition coefficient (Wildman–Crippen LogP) is 2.33. The largest absolute Gasteiger partial charge is 0.484 e. The maximum atomic E-state index is 12.2. The molecule has 1 N–H and O–H groups in total. The van der Waals surface area contributed by atoms with Gasteiger partial charge in [-0.25, -0.2) is 8.42 Å². The lowest BCUT2D eigenvalue weighted by molar-refractivity contribution is -0.122. The van der Waals surface area contributed by atoms with Crippen LogP contribution >= 0.6 is 0 Å². The number of anilines is 1. The first-order valence-corrected chi connectivity index (χ1v) is 9.87. The summed E-state index contributed by atoms with van der Waals surface area (Å²) in [7, 11) is -3.45. The Kier molecular flexibility index (Phi) is 6.80. The Balaban J connectivity index is 2.08. The van der Waals surface area contributed by atoms with Crippen LogP contribution in [0.1, 0.15) is 5.56 Å². The first-order chi connectivity index (χ1) is 12.4. The van der Waals surface area contributed by atoms with Crippen LogP contribution in [-0.4, -0.2) is 33.7 Å². The Morgan fingerprint density at radius 3 is 2.38 bits per heavy atom. The number of nitrogens with one attached hydrogen (secondary N) is 1. The van der Waals surface area contributed by atoms with E-state index in [0.29, 0.717) is 18.0 Å². The Bertz CT molecular complexity index is 834. The van der Waals surface area contributed by atoms with Gasteiger partial charge in [-0.3, -0.25) is 9.10 Å². The number of rotatable bonds is 9. The molecule has 6 nitrogen and oxygen atoms in total. The number of hydrogen-bond acceptors (Lipinski definition) is 4. The van der Waals surface area contributed by atoms with E-state index in [4.69, 9.17) is 4.74 Å². The van der Waals surface area contributed by atoms with Crippen LogP contribution in [0.4, 0.5) is 5.69 Å². The first-order valence-electron chi connectivity index (χ1n) is 8.02. The summed E-state index contributed by atoms with van der Waals surface area (Å²) in [5.41, 5.74) is 1.41. The van der Waals surface area contributed by atoms with Crippen molar-refractivity contribution in [1.82, 2.24) is 5.32 Å². The van der Waals surface area contributed by atoms with Crippen molar-refractivity contribution in [3.63, 3.8) is 0 Å². The molecular weight excluding hydrogens is 352 g/mol. The molecule has 138 valence electrons. The molecule has 0 spiro atoms. The predicted molar refractivity (Wildman–Crippen MR) is 103 cm³/mol. The maximum Gasteiger partial charge on any atom is 0.258 e. The molecule has 0 aromatic heterocycles. The van der Waals surface area contributed by atoms with Crippen LogP contribution in [0.25, 0.3) is 0 Å². The van der Waals surface area contributed by atoms with E-state index in [0.717, 1.165) is 5.56 Å². The zero-order valence-corrected chi connectivity index (χ0v) is 15.4. The average Bonchev–Trinajstić information content (AvgIpc) is 2.63. The lowest BCUT2D eigenvalue weighted by Crippen LogP contribution is -2.29. The maximum absolute atomic E-state index is 12.2. The van der Waals surface area contributed by atoms with Gasteiger partial charge in [-0.15, -0.1) is 6.58 Å². The molecule has 2 aromatic carbocycles. The summed E-state index contributed by atoms with van der Waals surface area (Å²) in [6.07, 6.45) is 2.75. The summed E-state index contributed by atoms with van der Waals surface area (Å²) in [6, 6.07) is 15.9. The van der Waals surface area contributed by atoms with Crippen molar-refractivity contribution in [2.24, 2.45) is 0 Å². The van der Waals surface area contributed by atoms with Crippen LogP contribution in [-0.2, 0) is 21.4 Å². The van der Waals surface area contributed by atoms with Gasteiger partial charge in [0.1, 0.15) is 5.75 Å². The normalized spacial score (nSPS) is 10.8. The van der Waals surface area contributed by atoms with E-state index in [-0.39, 0.29) is 19.1 Å². The van der Waals surface area contributed by atoms with Crippen LogP contribution in [0, 0.1) is 0 Å². The van der Waals surface area contributed by atoms with Gasteiger partial charge in [0.25, 0.3) is 5.91 Å². The van der Waals surface area contributed by atoms with E-state index in [9.17, 15) is 13.2 Å². The zero-order chi connectivity index (χ0) is 19.0. The molecule has 0 aliphatic carbocycles. The SMILES string of the molecule is C=CCNC(=O)COc1ccc(N(Cc2ccccc2)S(C)(=O)=O)cc1. The van der Waals surface area contributed by atoms with Crippen molar-refractivity contribution in [3.05, 3.63) is 72.8 Å². The van der Waals surface area contributed by atoms with Crippen molar-refractivity contribution in [1.29, 1.82) is 0 Å². The first kappa shape index (κ1) is 19.5. The van der Waals surface area contributed by atoms with Crippen molar-refractivity contribution < 1.29 is 17.9 Å². The number of carbonyl (C=O) groups excluding carboxylic acids is 1. The van der Waals surface area contributed by atoms with Crippen LogP contribution in [0.2, 0.25) is 0 Å². The zero-order valence-electron chi connectivity index (χ0n) is 14.6. The van der Waals surface area contributed by atoms with Crippen LogP contribution < -0.4 is 14.4 Å². The molecule has 0 unspecified atom stereocenters. The highest BCUT2D eigenvalue weighted by Gasteiger charge is 2.18. The number of nitrogens with zero attached hydrogens (tertiary/aromatic N) is 1. The second-order valence-corrected chi connectivity index (χ2v) is 7.54. The highest BCUT2D eigenvalue weighted by molar-refractivity contribution is 7.92. The summed E-state index contributed by atoms with van der Waals surface area (Å²) in [4.78, 5) is 11.5. The second-order valence-electron chi connectivity index (χ2n) is 5.63. The van der Waals surface area contributed by atoms with Crippen molar-refractivity contribution in [2.75, 3.05) is 23.7 Å². The van der Waals surface area contributed by atoms with Gasteiger partial charge in [0.15, 0.2) is 6.61 Å². The van der Waals surface area contributed by atoms with E-state index >= 15 is 0 Å². The molecule has 0 aliphatic heterocycles. The molecule has 0 saturated carbocycles. The fraction of sp³-hybridized carbons (Fsp3) is 0.211. The molecule has 2 aromatic rings. The minimum absolute atomic E-state index is 0.118. The molecule has 0 bridgehead atoms. The number of benzene rings is 2. The quantitative estimate of drug-likeness (QED) is 0.684. The van der Waals surface area contributed by atoms with E-state index in [2.05, 4.69) is 11.9 Å². The molecule has 0 atom stereocenters. The molecule has 7 heteroatoms. The number of amides is 1. The lowest BCUT2D eigenvalue weighted by Gasteiger charge is -2.22. The molecule has 0 heterocycles. The van der Waals surface area contributed by atoms with Gasteiger partial charge in [0.05, 0.1) is 18.5 Å². The molecule has 26 heavy (non-hydrogen) atoms. The number of carbonyl (C=O) groups is 1. The standard InChI is InChI=1S/C19H22N2O4S/c1-3-13-20-19(22)15-25-18-11-9-17(10-12-18)21(26(2,23)24)14-16-7-5-4-6-8-16/h3-12H,1,13-15H2,2H3,(H,20,22). The van der Waals surface area contributed by atoms with Gasteiger partial charge in [0.2, 0.25) is 10.0 Å². The van der Waals surface area contributed by atoms with Gasteiger partial charge >= 0.3 is 0 Å². The Labute approximate surface area is 154 Å². The number of sulfonamides is 1. The van der Waals surface area contributed by atoms with Crippen molar-refractivity contribution >= 4 is 21.6 Å². The van der Waals surface area contributed by atoms with Crippen molar-refractivity contribution in [2.45, 2.75) is 6.54 Å². The molecule has 0 fully saturated rings. The Morgan fingerprint density at radius 1 is 1.15 bits per heavy atom. The molecule has 1 amide bonds. The third kappa shape index (κ3) is 5.93.